The Hall–Kier alpha value is -2.82. The fourth-order valence-corrected chi connectivity index (χ4v) is 5.70. The summed E-state index contributed by atoms with van der Waals surface area (Å²) < 4.78 is 29.6. The van der Waals surface area contributed by atoms with Crippen LogP contribution in [0.25, 0.3) is 16.9 Å². The fraction of sp³-hybridized carbons (Fsp3) is 0.211. The first-order valence-electron chi connectivity index (χ1n) is 9.08. The molecule has 8 nitrogen and oxygen atoms in total. The maximum atomic E-state index is 12.4. The van der Waals surface area contributed by atoms with Crippen molar-refractivity contribution in [3.63, 3.8) is 0 Å². The van der Waals surface area contributed by atoms with Gasteiger partial charge in [0, 0.05) is 18.3 Å². The SMILES string of the molecule is CCNS(=O)(=O)c1sccc1C(C)Nc1nccc(-n2cnc3ccccc32)n1. The van der Waals surface area contributed by atoms with Crippen molar-refractivity contribution in [1.82, 2.24) is 24.2 Å². The zero-order valence-corrected chi connectivity index (χ0v) is 17.5. The molecular weight excluding hydrogens is 408 g/mol. The van der Waals surface area contributed by atoms with Crippen molar-refractivity contribution in [1.29, 1.82) is 0 Å². The molecule has 3 heterocycles. The number of imidazole rings is 1. The van der Waals surface area contributed by atoms with Crippen molar-refractivity contribution in [3.8, 4) is 5.82 Å². The molecule has 10 heteroatoms. The van der Waals surface area contributed by atoms with E-state index < -0.39 is 10.0 Å². The Morgan fingerprint density at radius 1 is 1.17 bits per heavy atom. The van der Waals surface area contributed by atoms with Gasteiger partial charge in [-0.15, -0.1) is 11.3 Å². The van der Waals surface area contributed by atoms with Crippen molar-refractivity contribution in [2.75, 3.05) is 11.9 Å². The van der Waals surface area contributed by atoms with Crippen LogP contribution in [0.5, 0.6) is 0 Å². The van der Waals surface area contributed by atoms with E-state index in [1.54, 1.807) is 37.0 Å². The summed E-state index contributed by atoms with van der Waals surface area (Å²) in [4.78, 5) is 13.3. The molecule has 1 aromatic carbocycles. The van der Waals surface area contributed by atoms with Gasteiger partial charge in [-0.25, -0.2) is 23.1 Å². The van der Waals surface area contributed by atoms with Gasteiger partial charge in [0.2, 0.25) is 16.0 Å². The van der Waals surface area contributed by atoms with Crippen LogP contribution in [0.4, 0.5) is 5.95 Å². The fourth-order valence-electron chi connectivity index (χ4n) is 3.07. The second-order valence-electron chi connectivity index (χ2n) is 6.37. The standard InChI is InChI=1S/C19H20N6O2S2/c1-3-22-29(26,27)18-14(9-11-28-18)13(2)23-19-20-10-8-17(24-19)25-12-21-15-6-4-5-7-16(15)25/h4-13,22H,3H2,1-2H3,(H,20,23,24). The molecule has 1 atom stereocenters. The molecule has 0 fully saturated rings. The average Bonchev–Trinajstić information content (AvgIpc) is 3.36. The van der Waals surface area contributed by atoms with E-state index in [0.29, 0.717) is 28.1 Å². The Balaban J connectivity index is 1.62. The van der Waals surface area contributed by atoms with Crippen LogP contribution in [0.3, 0.4) is 0 Å². The van der Waals surface area contributed by atoms with E-state index >= 15 is 0 Å². The second kappa shape index (κ2) is 7.90. The lowest BCUT2D eigenvalue weighted by Crippen LogP contribution is -2.24. The van der Waals surface area contributed by atoms with Gasteiger partial charge < -0.3 is 5.32 Å². The number of hydrogen-bond donors (Lipinski definition) is 2. The van der Waals surface area contributed by atoms with Crippen LogP contribution < -0.4 is 10.0 Å². The average molecular weight is 429 g/mol. The molecule has 1 unspecified atom stereocenters. The molecule has 29 heavy (non-hydrogen) atoms. The van der Waals surface area contributed by atoms with Crippen molar-refractivity contribution in [2.24, 2.45) is 0 Å². The largest absolute Gasteiger partial charge is 0.348 e. The van der Waals surface area contributed by atoms with Gasteiger partial charge in [0.25, 0.3) is 0 Å². The van der Waals surface area contributed by atoms with E-state index in [2.05, 4.69) is 25.0 Å². The molecule has 4 aromatic rings. The van der Waals surface area contributed by atoms with Crippen LogP contribution in [0, 0.1) is 0 Å². The molecule has 0 saturated heterocycles. The monoisotopic (exact) mass is 428 g/mol. The van der Waals surface area contributed by atoms with Crippen molar-refractivity contribution in [2.45, 2.75) is 24.1 Å². The summed E-state index contributed by atoms with van der Waals surface area (Å²) in [6.07, 6.45) is 3.39. The molecule has 0 bridgehead atoms. The van der Waals surface area contributed by atoms with Crippen LogP contribution in [0.15, 0.2) is 58.5 Å². The third-order valence-corrected chi connectivity index (χ3v) is 7.45. The molecule has 3 aromatic heterocycles. The van der Waals surface area contributed by atoms with Gasteiger partial charge in [0.1, 0.15) is 16.4 Å². The van der Waals surface area contributed by atoms with E-state index in [4.69, 9.17) is 0 Å². The molecule has 0 aliphatic carbocycles. The number of thiophene rings is 1. The molecule has 0 radical (unpaired) electrons. The normalized spacial score (nSPS) is 12.9. The predicted molar refractivity (Wildman–Crippen MR) is 114 cm³/mol. The number of aromatic nitrogens is 4. The smallest absolute Gasteiger partial charge is 0.250 e. The van der Waals surface area contributed by atoms with E-state index in [-0.39, 0.29) is 6.04 Å². The number of nitrogens with one attached hydrogen (secondary N) is 2. The molecule has 0 spiro atoms. The zero-order chi connectivity index (χ0) is 20.4. The number of nitrogens with zero attached hydrogens (tertiary/aromatic N) is 4. The van der Waals surface area contributed by atoms with Gasteiger partial charge in [0.05, 0.1) is 17.1 Å². The highest BCUT2D eigenvalue weighted by atomic mass is 32.2. The lowest BCUT2D eigenvalue weighted by atomic mass is 10.2. The number of para-hydroxylation sites is 2. The number of anilines is 1. The van der Waals surface area contributed by atoms with Crippen LogP contribution in [0.1, 0.15) is 25.5 Å². The molecular formula is C19H20N6O2S2. The molecule has 0 amide bonds. The maximum absolute atomic E-state index is 12.4. The Labute approximate surface area is 172 Å². The van der Waals surface area contributed by atoms with Gasteiger partial charge >= 0.3 is 0 Å². The predicted octanol–water partition coefficient (Wildman–Crippen LogP) is 3.35. The van der Waals surface area contributed by atoms with Crippen molar-refractivity contribution < 1.29 is 8.42 Å². The summed E-state index contributed by atoms with van der Waals surface area (Å²) in [7, 11) is -3.53. The van der Waals surface area contributed by atoms with E-state index in [9.17, 15) is 8.42 Å². The Morgan fingerprint density at radius 3 is 2.83 bits per heavy atom. The molecule has 150 valence electrons. The number of sulfonamides is 1. The Morgan fingerprint density at radius 2 is 2.00 bits per heavy atom. The number of hydrogen-bond acceptors (Lipinski definition) is 7. The summed E-state index contributed by atoms with van der Waals surface area (Å²) in [6.45, 7) is 3.98. The lowest BCUT2D eigenvalue weighted by Gasteiger charge is -2.15. The third-order valence-electron chi connectivity index (χ3n) is 4.39. The molecule has 2 N–H and O–H groups in total. The third kappa shape index (κ3) is 3.86. The van der Waals surface area contributed by atoms with Crippen molar-refractivity contribution >= 4 is 38.3 Å². The van der Waals surface area contributed by atoms with Crippen LogP contribution >= 0.6 is 11.3 Å². The highest BCUT2D eigenvalue weighted by Gasteiger charge is 2.23. The summed E-state index contributed by atoms with van der Waals surface area (Å²) in [6, 6.07) is 11.1. The summed E-state index contributed by atoms with van der Waals surface area (Å²) in [5.41, 5.74) is 2.51. The lowest BCUT2D eigenvalue weighted by molar-refractivity contribution is 0.584. The van der Waals surface area contributed by atoms with Gasteiger partial charge in [-0.1, -0.05) is 19.1 Å². The van der Waals surface area contributed by atoms with Crippen molar-refractivity contribution in [3.05, 3.63) is 59.9 Å². The molecule has 0 aliphatic rings. The van der Waals surface area contributed by atoms with E-state index in [1.165, 1.54) is 11.3 Å². The highest BCUT2D eigenvalue weighted by Crippen LogP contribution is 2.29. The van der Waals surface area contributed by atoms with Gasteiger partial charge in [0.15, 0.2) is 0 Å². The quantitative estimate of drug-likeness (QED) is 0.468. The van der Waals surface area contributed by atoms with Crippen LogP contribution in [-0.2, 0) is 10.0 Å². The summed E-state index contributed by atoms with van der Waals surface area (Å²) >= 11 is 1.19. The first kappa shape index (κ1) is 19.5. The van der Waals surface area contributed by atoms with Crippen LogP contribution in [0.2, 0.25) is 0 Å². The minimum atomic E-state index is -3.53. The minimum absolute atomic E-state index is 0.292. The first-order chi connectivity index (χ1) is 14.0. The molecule has 4 rings (SSSR count). The topological polar surface area (TPSA) is 102 Å². The molecule has 0 aliphatic heterocycles. The Bertz CT molecular complexity index is 1250. The van der Waals surface area contributed by atoms with E-state index in [1.807, 2.05) is 35.8 Å². The molecule has 0 saturated carbocycles. The Kier molecular flexibility index (Phi) is 5.31. The number of rotatable bonds is 7. The van der Waals surface area contributed by atoms with Gasteiger partial charge in [-0.2, -0.15) is 4.98 Å². The second-order valence-corrected chi connectivity index (χ2v) is 9.25. The summed E-state index contributed by atoms with van der Waals surface area (Å²) in [5, 5.41) is 4.98. The van der Waals surface area contributed by atoms with Gasteiger partial charge in [-0.3, -0.25) is 4.57 Å². The first-order valence-corrected chi connectivity index (χ1v) is 11.4. The number of benzene rings is 1. The zero-order valence-electron chi connectivity index (χ0n) is 15.9. The van der Waals surface area contributed by atoms with Gasteiger partial charge in [-0.05, 0) is 36.6 Å². The number of fused-ring (bicyclic) bond motifs is 1. The summed E-state index contributed by atoms with van der Waals surface area (Å²) in [5.74, 6) is 1.08. The van der Waals surface area contributed by atoms with Crippen LogP contribution in [-0.4, -0.2) is 34.5 Å². The minimum Gasteiger partial charge on any atom is -0.348 e. The van der Waals surface area contributed by atoms with E-state index in [0.717, 1.165) is 11.0 Å². The highest BCUT2D eigenvalue weighted by molar-refractivity contribution is 7.91. The maximum Gasteiger partial charge on any atom is 0.250 e.